The molecule has 0 aromatic rings. The summed E-state index contributed by atoms with van der Waals surface area (Å²) in [7, 11) is 0. The first-order valence-electron chi connectivity index (χ1n) is 8.64. The molecule has 0 heteroatoms. The molecule has 0 N–H and O–H groups in total. The SMILES string of the molecule is CC(C)=CCCC(C)=CCC=CCC=C(C)CCC=C(C)C. The van der Waals surface area contributed by atoms with E-state index in [1.807, 2.05) is 0 Å². The lowest BCUT2D eigenvalue weighted by Gasteiger charge is -1.98. The van der Waals surface area contributed by atoms with E-state index in [0.717, 1.165) is 12.8 Å². The molecule has 0 rings (SSSR count). The third-order valence-electron chi connectivity index (χ3n) is 3.55. The van der Waals surface area contributed by atoms with Gasteiger partial charge in [0, 0.05) is 0 Å². The van der Waals surface area contributed by atoms with Crippen molar-refractivity contribution < 1.29 is 0 Å². The van der Waals surface area contributed by atoms with Gasteiger partial charge >= 0.3 is 0 Å². The second kappa shape index (κ2) is 13.4. The van der Waals surface area contributed by atoms with Gasteiger partial charge in [-0.05, 0) is 80.1 Å². The standard InChI is InChI=1S/C22H36/c1-19(2)13-11-17-21(5)15-9-7-8-10-16-22(6)18-12-14-20(3)4/h7-8,13-16H,9-12,17-18H2,1-6H3. The molecule has 0 saturated heterocycles. The fourth-order valence-electron chi connectivity index (χ4n) is 2.11. The molecule has 0 radical (unpaired) electrons. The van der Waals surface area contributed by atoms with Crippen LogP contribution in [0.25, 0.3) is 0 Å². The molecule has 0 nitrogen and oxygen atoms in total. The van der Waals surface area contributed by atoms with E-state index in [9.17, 15) is 0 Å². The van der Waals surface area contributed by atoms with Crippen molar-refractivity contribution in [2.45, 2.75) is 80.1 Å². The van der Waals surface area contributed by atoms with Crippen molar-refractivity contribution in [2.75, 3.05) is 0 Å². The van der Waals surface area contributed by atoms with Crippen LogP contribution in [-0.2, 0) is 0 Å². The van der Waals surface area contributed by atoms with Crippen LogP contribution >= 0.6 is 0 Å². The second-order valence-corrected chi connectivity index (χ2v) is 6.68. The summed E-state index contributed by atoms with van der Waals surface area (Å²) in [5.74, 6) is 0. The zero-order valence-corrected chi connectivity index (χ0v) is 15.7. The fourth-order valence-corrected chi connectivity index (χ4v) is 2.11. The Balaban J connectivity index is 3.89. The first kappa shape index (κ1) is 20.7. The maximum Gasteiger partial charge on any atom is -0.0166 e. The van der Waals surface area contributed by atoms with Gasteiger partial charge in [-0.1, -0.05) is 58.7 Å². The molecule has 0 aliphatic carbocycles. The smallest absolute Gasteiger partial charge is 0.0166 e. The molecule has 0 aliphatic rings. The van der Waals surface area contributed by atoms with E-state index in [-0.39, 0.29) is 0 Å². The lowest BCUT2D eigenvalue weighted by atomic mass is 10.1. The quantitative estimate of drug-likeness (QED) is 0.362. The summed E-state index contributed by atoms with van der Waals surface area (Å²) in [6.45, 7) is 13.1. The normalized spacial score (nSPS) is 12.6. The van der Waals surface area contributed by atoms with Gasteiger partial charge in [0.1, 0.15) is 0 Å². The highest BCUT2D eigenvalue weighted by Gasteiger charge is 1.89. The van der Waals surface area contributed by atoms with Gasteiger partial charge in [-0.15, -0.1) is 0 Å². The molecule has 0 fully saturated rings. The van der Waals surface area contributed by atoms with Gasteiger partial charge in [-0.25, -0.2) is 0 Å². The predicted molar refractivity (Wildman–Crippen MR) is 103 cm³/mol. The fraction of sp³-hybridized carbons (Fsp3) is 0.545. The topological polar surface area (TPSA) is 0 Å². The van der Waals surface area contributed by atoms with E-state index in [0.29, 0.717) is 0 Å². The lowest BCUT2D eigenvalue weighted by Crippen LogP contribution is -1.78. The molecule has 0 atom stereocenters. The number of rotatable bonds is 10. The van der Waals surface area contributed by atoms with Crippen LogP contribution in [0.15, 0.2) is 58.7 Å². The minimum Gasteiger partial charge on any atom is -0.0856 e. The van der Waals surface area contributed by atoms with Crippen LogP contribution in [0.4, 0.5) is 0 Å². The Bertz CT molecular complexity index is 389. The predicted octanol–water partition coefficient (Wildman–Crippen LogP) is 7.71. The van der Waals surface area contributed by atoms with Gasteiger partial charge < -0.3 is 0 Å². The number of hydrogen-bond acceptors (Lipinski definition) is 0. The molecule has 0 aliphatic heterocycles. The highest BCUT2D eigenvalue weighted by molar-refractivity contribution is 5.07. The van der Waals surface area contributed by atoms with Crippen LogP contribution in [-0.4, -0.2) is 0 Å². The molecule has 0 aromatic heterocycles. The van der Waals surface area contributed by atoms with Crippen molar-refractivity contribution in [3.8, 4) is 0 Å². The van der Waals surface area contributed by atoms with E-state index in [4.69, 9.17) is 0 Å². The first-order chi connectivity index (χ1) is 10.4. The summed E-state index contributed by atoms with van der Waals surface area (Å²) in [5, 5.41) is 0. The van der Waals surface area contributed by atoms with E-state index in [2.05, 4.69) is 78.0 Å². The van der Waals surface area contributed by atoms with Crippen molar-refractivity contribution in [1.82, 2.24) is 0 Å². The summed E-state index contributed by atoms with van der Waals surface area (Å²) in [6.07, 6.45) is 20.7. The van der Waals surface area contributed by atoms with Crippen LogP contribution in [0.1, 0.15) is 80.1 Å². The van der Waals surface area contributed by atoms with E-state index in [1.165, 1.54) is 48.0 Å². The molecular formula is C22H36. The van der Waals surface area contributed by atoms with Gasteiger partial charge in [0.2, 0.25) is 0 Å². The zero-order valence-electron chi connectivity index (χ0n) is 15.7. The van der Waals surface area contributed by atoms with Crippen molar-refractivity contribution in [2.24, 2.45) is 0 Å². The third-order valence-corrected chi connectivity index (χ3v) is 3.55. The number of allylic oxidation sites excluding steroid dienone is 10. The van der Waals surface area contributed by atoms with Crippen LogP contribution in [0.3, 0.4) is 0 Å². The highest BCUT2D eigenvalue weighted by Crippen LogP contribution is 2.09. The minimum absolute atomic E-state index is 1.06. The molecular weight excluding hydrogens is 264 g/mol. The largest absolute Gasteiger partial charge is 0.0856 e. The molecule has 124 valence electrons. The van der Waals surface area contributed by atoms with Crippen LogP contribution in [0.5, 0.6) is 0 Å². The molecule has 0 unspecified atom stereocenters. The van der Waals surface area contributed by atoms with Crippen LogP contribution in [0.2, 0.25) is 0 Å². The number of hydrogen-bond donors (Lipinski definition) is 0. The van der Waals surface area contributed by atoms with Crippen molar-refractivity contribution >= 4 is 0 Å². The summed E-state index contributed by atoms with van der Waals surface area (Å²) in [6, 6.07) is 0. The molecule has 0 aromatic carbocycles. The first-order valence-corrected chi connectivity index (χ1v) is 8.64. The van der Waals surface area contributed by atoms with Crippen molar-refractivity contribution in [3.63, 3.8) is 0 Å². The van der Waals surface area contributed by atoms with E-state index >= 15 is 0 Å². The Morgan fingerprint density at radius 2 is 0.909 bits per heavy atom. The molecule has 0 amide bonds. The summed E-state index contributed by atoms with van der Waals surface area (Å²) in [4.78, 5) is 0. The zero-order chi connectivity index (χ0) is 16.8. The van der Waals surface area contributed by atoms with Gasteiger partial charge in [-0.2, -0.15) is 0 Å². The minimum atomic E-state index is 1.06. The van der Waals surface area contributed by atoms with Crippen molar-refractivity contribution in [3.05, 3.63) is 58.7 Å². The Labute approximate surface area is 139 Å². The molecule has 22 heavy (non-hydrogen) atoms. The maximum atomic E-state index is 2.35. The Hall–Kier alpha value is -1.30. The molecule has 0 saturated carbocycles. The average Bonchev–Trinajstić information content (AvgIpc) is 2.41. The maximum absolute atomic E-state index is 2.35. The van der Waals surface area contributed by atoms with E-state index < -0.39 is 0 Å². The second-order valence-electron chi connectivity index (χ2n) is 6.68. The highest BCUT2D eigenvalue weighted by atomic mass is 14.0. The van der Waals surface area contributed by atoms with Crippen LogP contribution < -0.4 is 0 Å². The lowest BCUT2D eigenvalue weighted by molar-refractivity contribution is 0.956. The van der Waals surface area contributed by atoms with Gasteiger partial charge in [0.05, 0.1) is 0 Å². The summed E-state index contributed by atoms with van der Waals surface area (Å²) >= 11 is 0. The van der Waals surface area contributed by atoms with Crippen LogP contribution in [0, 0.1) is 0 Å². The summed E-state index contributed by atoms with van der Waals surface area (Å²) < 4.78 is 0. The van der Waals surface area contributed by atoms with Crippen molar-refractivity contribution in [1.29, 1.82) is 0 Å². The Morgan fingerprint density at radius 3 is 1.23 bits per heavy atom. The molecule has 0 heterocycles. The Morgan fingerprint density at radius 1 is 0.545 bits per heavy atom. The Kier molecular flexibility index (Phi) is 12.6. The van der Waals surface area contributed by atoms with Gasteiger partial charge in [-0.3, -0.25) is 0 Å². The van der Waals surface area contributed by atoms with Gasteiger partial charge in [0.15, 0.2) is 0 Å². The molecule has 0 spiro atoms. The monoisotopic (exact) mass is 300 g/mol. The summed E-state index contributed by atoms with van der Waals surface area (Å²) in [5.41, 5.74) is 5.82. The van der Waals surface area contributed by atoms with Gasteiger partial charge in [0.25, 0.3) is 0 Å². The average molecular weight is 301 g/mol. The molecule has 0 bridgehead atoms. The third kappa shape index (κ3) is 15.1. The van der Waals surface area contributed by atoms with E-state index in [1.54, 1.807) is 0 Å².